The van der Waals surface area contributed by atoms with Gasteiger partial charge in [-0.3, -0.25) is 0 Å². The molecule has 1 aromatic carbocycles. The number of primary sulfonamides is 1. The maximum absolute atomic E-state index is 13.9. The molecule has 1 aromatic rings. The molecule has 6 heteroatoms. The molecule has 2 aliphatic carbocycles. The van der Waals surface area contributed by atoms with Gasteiger partial charge >= 0.3 is 0 Å². The van der Waals surface area contributed by atoms with E-state index in [1.165, 1.54) is 37.8 Å². The Hall–Kier alpha value is -1.14. The van der Waals surface area contributed by atoms with Crippen LogP contribution in [0.2, 0.25) is 0 Å². The molecule has 2 saturated carbocycles. The van der Waals surface area contributed by atoms with Crippen molar-refractivity contribution in [3.05, 3.63) is 24.0 Å². The van der Waals surface area contributed by atoms with E-state index in [4.69, 9.17) is 5.14 Å². The third-order valence-corrected chi connectivity index (χ3v) is 5.62. The molecule has 0 amide bonds. The lowest BCUT2D eigenvalue weighted by Gasteiger charge is -2.22. The summed E-state index contributed by atoms with van der Waals surface area (Å²) in [4.78, 5) is -0.194. The third-order valence-electron chi connectivity index (χ3n) is 4.71. The summed E-state index contributed by atoms with van der Waals surface area (Å²) in [6.07, 6.45) is 5.19. The minimum absolute atomic E-state index is 0.194. The number of sulfonamides is 1. The highest BCUT2D eigenvalue weighted by Crippen LogP contribution is 2.48. The number of hydrogen-bond acceptors (Lipinski definition) is 3. The van der Waals surface area contributed by atoms with Gasteiger partial charge in [0.05, 0.1) is 10.6 Å². The smallest absolute Gasteiger partial charge is 0.238 e. The molecule has 0 radical (unpaired) electrons. The Bertz CT molecular complexity index is 618. The van der Waals surface area contributed by atoms with Crippen LogP contribution in [0.1, 0.15) is 25.7 Å². The van der Waals surface area contributed by atoms with Crippen LogP contribution in [0, 0.1) is 23.6 Å². The largest absolute Gasteiger partial charge is 0.382 e. The normalized spacial score (nSPS) is 28.8. The number of anilines is 1. The van der Waals surface area contributed by atoms with Crippen LogP contribution < -0.4 is 10.5 Å². The molecule has 110 valence electrons. The second-order valence-corrected chi connectivity index (χ2v) is 7.56. The molecule has 0 saturated heterocycles. The lowest BCUT2D eigenvalue weighted by atomic mass is 9.89. The van der Waals surface area contributed by atoms with Gasteiger partial charge in [0.1, 0.15) is 5.82 Å². The molecule has 3 unspecified atom stereocenters. The first kappa shape index (κ1) is 13.8. The molecule has 3 N–H and O–H groups in total. The standard InChI is InChI=1S/C14H19FN2O2S/c15-13-7-12(20(16,18)19)3-4-14(13)17-8-11-6-9-1-2-10(11)5-9/h3-4,7,9-11,17H,1-2,5-6,8H2,(H2,16,18,19). The maximum Gasteiger partial charge on any atom is 0.238 e. The van der Waals surface area contributed by atoms with Gasteiger partial charge in [0.2, 0.25) is 10.0 Å². The van der Waals surface area contributed by atoms with E-state index < -0.39 is 15.8 Å². The van der Waals surface area contributed by atoms with Crippen LogP contribution in [0.5, 0.6) is 0 Å². The third kappa shape index (κ3) is 2.67. The average molecular weight is 298 g/mol. The number of nitrogens with one attached hydrogen (secondary N) is 1. The average Bonchev–Trinajstić information content (AvgIpc) is 2.98. The fraction of sp³-hybridized carbons (Fsp3) is 0.571. The van der Waals surface area contributed by atoms with Crippen molar-refractivity contribution in [3.63, 3.8) is 0 Å². The van der Waals surface area contributed by atoms with E-state index in [0.29, 0.717) is 11.6 Å². The van der Waals surface area contributed by atoms with E-state index in [1.807, 2.05) is 0 Å². The fourth-order valence-corrected chi connectivity index (χ4v) is 4.21. The molecule has 3 atom stereocenters. The van der Waals surface area contributed by atoms with Gasteiger partial charge in [0.15, 0.2) is 0 Å². The van der Waals surface area contributed by atoms with Crippen LogP contribution >= 0.6 is 0 Å². The van der Waals surface area contributed by atoms with E-state index in [-0.39, 0.29) is 4.90 Å². The van der Waals surface area contributed by atoms with Crippen molar-refractivity contribution in [2.75, 3.05) is 11.9 Å². The van der Waals surface area contributed by atoms with Crippen molar-refractivity contribution in [2.24, 2.45) is 22.9 Å². The van der Waals surface area contributed by atoms with Crippen LogP contribution in [0.25, 0.3) is 0 Å². The highest BCUT2D eigenvalue weighted by Gasteiger charge is 2.39. The van der Waals surface area contributed by atoms with Gasteiger partial charge in [-0.05, 0) is 55.2 Å². The predicted octanol–water partition coefficient (Wildman–Crippen LogP) is 2.32. The second kappa shape index (κ2) is 5.00. The first-order chi connectivity index (χ1) is 9.43. The second-order valence-electron chi connectivity index (χ2n) is 6.00. The zero-order valence-corrected chi connectivity index (χ0v) is 12.0. The van der Waals surface area contributed by atoms with Crippen molar-refractivity contribution < 1.29 is 12.8 Å². The first-order valence-corrected chi connectivity index (χ1v) is 8.54. The van der Waals surface area contributed by atoms with Gasteiger partial charge in [0, 0.05) is 6.54 Å². The molecule has 3 rings (SSSR count). The van der Waals surface area contributed by atoms with E-state index in [1.54, 1.807) is 0 Å². The number of rotatable bonds is 4. The monoisotopic (exact) mass is 298 g/mol. The molecule has 4 nitrogen and oxygen atoms in total. The fourth-order valence-electron chi connectivity index (χ4n) is 3.68. The summed E-state index contributed by atoms with van der Waals surface area (Å²) >= 11 is 0. The summed E-state index contributed by atoms with van der Waals surface area (Å²) in [5, 5.41) is 8.08. The number of fused-ring (bicyclic) bond motifs is 2. The van der Waals surface area contributed by atoms with Crippen molar-refractivity contribution in [1.82, 2.24) is 0 Å². The van der Waals surface area contributed by atoms with E-state index in [9.17, 15) is 12.8 Å². The van der Waals surface area contributed by atoms with Gasteiger partial charge in [0.25, 0.3) is 0 Å². The lowest BCUT2D eigenvalue weighted by molar-refractivity contribution is 0.348. The van der Waals surface area contributed by atoms with Gasteiger partial charge in [-0.1, -0.05) is 6.42 Å². The summed E-state index contributed by atoms with van der Waals surface area (Å²) < 4.78 is 36.1. The Morgan fingerprint density at radius 3 is 2.65 bits per heavy atom. The topological polar surface area (TPSA) is 72.2 Å². The number of benzene rings is 1. The minimum Gasteiger partial charge on any atom is -0.382 e. The molecule has 0 heterocycles. The van der Waals surface area contributed by atoms with Gasteiger partial charge in [-0.2, -0.15) is 0 Å². The van der Waals surface area contributed by atoms with Crippen molar-refractivity contribution in [3.8, 4) is 0 Å². The Kier molecular flexibility index (Phi) is 3.46. The van der Waals surface area contributed by atoms with Gasteiger partial charge in [-0.25, -0.2) is 17.9 Å². The minimum atomic E-state index is -3.85. The zero-order valence-electron chi connectivity index (χ0n) is 11.2. The molecule has 0 aliphatic heterocycles. The molecule has 0 aromatic heterocycles. The predicted molar refractivity (Wildman–Crippen MR) is 75.2 cm³/mol. The summed E-state index contributed by atoms with van der Waals surface area (Å²) in [7, 11) is -3.85. The Labute approximate surface area is 118 Å². The van der Waals surface area contributed by atoms with Crippen LogP contribution in [0.3, 0.4) is 0 Å². The number of halogens is 1. The van der Waals surface area contributed by atoms with Crippen LogP contribution in [-0.4, -0.2) is 15.0 Å². The molecule has 0 spiro atoms. The van der Waals surface area contributed by atoms with Crippen LogP contribution in [0.4, 0.5) is 10.1 Å². The maximum atomic E-state index is 13.9. The molecule has 2 fully saturated rings. The SMILES string of the molecule is NS(=O)(=O)c1ccc(NCC2CC3CCC2C3)c(F)c1. The van der Waals surface area contributed by atoms with E-state index in [2.05, 4.69) is 5.32 Å². The van der Waals surface area contributed by atoms with Crippen molar-refractivity contribution in [2.45, 2.75) is 30.6 Å². The molecular weight excluding hydrogens is 279 g/mol. The van der Waals surface area contributed by atoms with Crippen LogP contribution in [-0.2, 0) is 10.0 Å². The molecule has 2 aliphatic rings. The quantitative estimate of drug-likeness (QED) is 0.896. The van der Waals surface area contributed by atoms with Crippen LogP contribution in [0.15, 0.2) is 23.1 Å². The Morgan fingerprint density at radius 1 is 1.30 bits per heavy atom. The lowest BCUT2D eigenvalue weighted by Crippen LogP contribution is -2.20. The summed E-state index contributed by atoms with van der Waals surface area (Å²) in [5.74, 6) is 1.69. The summed E-state index contributed by atoms with van der Waals surface area (Å²) in [6, 6.07) is 3.75. The number of hydrogen-bond donors (Lipinski definition) is 2. The molecular formula is C14H19FN2O2S. The zero-order chi connectivity index (χ0) is 14.3. The highest BCUT2D eigenvalue weighted by atomic mass is 32.2. The Morgan fingerprint density at radius 2 is 2.10 bits per heavy atom. The Balaban J connectivity index is 1.66. The first-order valence-electron chi connectivity index (χ1n) is 6.99. The summed E-state index contributed by atoms with van der Waals surface area (Å²) in [5.41, 5.74) is 0.347. The highest BCUT2D eigenvalue weighted by molar-refractivity contribution is 7.89. The number of nitrogens with two attached hydrogens (primary N) is 1. The van der Waals surface area contributed by atoms with E-state index >= 15 is 0 Å². The summed E-state index contributed by atoms with van der Waals surface area (Å²) in [6.45, 7) is 0.757. The van der Waals surface area contributed by atoms with E-state index in [0.717, 1.165) is 24.4 Å². The molecule has 20 heavy (non-hydrogen) atoms. The van der Waals surface area contributed by atoms with Gasteiger partial charge < -0.3 is 5.32 Å². The van der Waals surface area contributed by atoms with Crippen molar-refractivity contribution >= 4 is 15.7 Å². The molecule has 2 bridgehead atoms. The van der Waals surface area contributed by atoms with Crippen molar-refractivity contribution in [1.29, 1.82) is 0 Å². The van der Waals surface area contributed by atoms with Gasteiger partial charge in [-0.15, -0.1) is 0 Å².